The normalized spacial score (nSPS) is 15.4. The molecule has 11 heteroatoms. The quantitative estimate of drug-likeness (QED) is 0.265. The molecule has 1 aliphatic rings. The molecule has 1 heterocycles. The van der Waals surface area contributed by atoms with Gasteiger partial charge in [0.2, 0.25) is 0 Å². The molecule has 2 amide bonds. The average Bonchev–Trinajstić information content (AvgIpc) is 2.77. The van der Waals surface area contributed by atoms with E-state index in [0.29, 0.717) is 42.2 Å². The summed E-state index contributed by atoms with van der Waals surface area (Å²) in [7, 11) is 0. The van der Waals surface area contributed by atoms with E-state index in [1.807, 2.05) is 0 Å². The number of hydrogen-bond acceptors (Lipinski definition) is 7. The molecule has 0 spiro atoms. The highest BCUT2D eigenvalue weighted by atomic mass is 35.5. The summed E-state index contributed by atoms with van der Waals surface area (Å²) in [5.74, 6) is -0.880. The number of piperidine rings is 1. The lowest BCUT2D eigenvalue weighted by atomic mass is 9.98. The van der Waals surface area contributed by atoms with Crippen molar-refractivity contribution in [2.75, 3.05) is 32.8 Å². The van der Waals surface area contributed by atoms with Crippen LogP contribution in [-0.4, -0.2) is 67.0 Å². The average molecular weight is 527 g/mol. The Morgan fingerprint density at radius 2 is 1.80 bits per heavy atom. The standard InChI is InChI=1S/C24H32Cl2N4O5/c1-5-34-22(32)20(28-10-6-11-29-23(33)35-24(2,3)4)16-14-30(12-9-19(16)27)21(31)15-7-8-17(25)18(26)13-15/h7-8,13,27-28H,5-6,9-12,14H2,1-4H3,(H,29,33)/b20-16-,27-19?. The summed E-state index contributed by atoms with van der Waals surface area (Å²) in [4.78, 5) is 39.1. The molecular formula is C24H32Cl2N4O5. The zero-order valence-electron chi connectivity index (χ0n) is 20.4. The van der Waals surface area contributed by atoms with Crippen LogP contribution in [0, 0.1) is 5.41 Å². The number of alkyl carbamates (subject to hydrolysis) is 1. The Hall–Kier alpha value is -2.78. The van der Waals surface area contributed by atoms with E-state index in [0.717, 1.165) is 0 Å². The fourth-order valence-electron chi connectivity index (χ4n) is 3.29. The second kappa shape index (κ2) is 12.8. The highest BCUT2D eigenvalue weighted by Gasteiger charge is 2.29. The summed E-state index contributed by atoms with van der Waals surface area (Å²) in [6, 6.07) is 4.64. The van der Waals surface area contributed by atoms with E-state index in [9.17, 15) is 14.4 Å². The molecule has 192 valence electrons. The molecule has 2 rings (SSSR count). The van der Waals surface area contributed by atoms with Gasteiger partial charge in [-0.3, -0.25) is 4.79 Å². The number of carbonyl (C=O) groups is 3. The van der Waals surface area contributed by atoms with E-state index >= 15 is 0 Å². The molecule has 1 saturated heterocycles. The lowest BCUT2D eigenvalue weighted by Crippen LogP contribution is -2.42. The van der Waals surface area contributed by atoms with Crippen LogP contribution in [0.15, 0.2) is 29.5 Å². The van der Waals surface area contributed by atoms with Crippen molar-refractivity contribution in [3.63, 3.8) is 0 Å². The maximum atomic E-state index is 13.0. The van der Waals surface area contributed by atoms with Crippen molar-refractivity contribution in [3.05, 3.63) is 45.1 Å². The fraction of sp³-hybridized carbons (Fsp3) is 0.500. The van der Waals surface area contributed by atoms with Crippen molar-refractivity contribution in [2.24, 2.45) is 0 Å². The first kappa shape index (κ1) is 28.5. The molecule has 1 aliphatic heterocycles. The van der Waals surface area contributed by atoms with E-state index in [4.69, 9.17) is 38.1 Å². The van der Waals surface area contributed by atoms with E-state index in [2.05, 4.69) is 10.6 Å². The van der Waals surface area contributed by atoms with Gasteiger partial charge in [-0.05, 0) is 52.3 Å². The molecular weight excluding hydrogens is 495 g/mol. The SMILES string of the molecule is CCOC(=O)/C(NCCCNC(=O)OC(C)(C)C)=C1\CN(C(=O)c2ccc(Cl)c(Cl)c2)CCC1=N. The van der Waals surface area contributed by atoms with Crippen molar-refractivity contribution in [3.8, 4) is 0 Å². The van der Waals surface area contributed by atoms with Crippen LogP contribution in [0.2, 0.25) is 10.0 Å². The maximum Gasteiger partial charge on any atom is 0.407 e. The predicted octanol–water partition coefficient (Wildman–Crippen LogP) is 4.18. The second-order valence-corrected chi connectivity index (χ2v) is 9.68. The smallest absolute Gasteiger partial charge is 0.407 e. The minimum atomic E-state index is -0.601. The predicted molar refractivity (Wildman–Crippen MR) is 135 cm³/mol. The summed E-state index contributed by atoms with van der Waals surface area (Å²) in [5, 5.41) is 14.7. The first-order valence-corrected chi connectivity index (χ1v) is 12.1. The van der Waals surface area contributed by atoms with Crippen LogP contribution in [0.3, 0.4) is 0 Å². The van der Waals surface area contributed by atoms with Gasteiger partial charge in [-0.25, -0.2) is 9.59 Å². The van der Waals surface area contributed by atoms with Gasteiger partial charge in [-0.1, -0.05) is 23.2 Å². The molecule has 0 atom stereocenters. The van der Waals surface area contributed by atoms with Gasteiger partial charge in [0, 0.05) is 42.9 Å². The Bertz CT molecular complexity index is 1000. The second-order valence-electron chi connectivity index (χ2n) is 8.87. The monoisotopic (exact) mass is 526 g/mol. The number of benzene rings is 1. The molecule has 3 N–H and O–H groups in total. The van der Waals surface area contributed by atoms with Crippen LogP contribution < -0.4 is 10.6 Å². The number of nitrogens with zero attached hydrogens (tertiary/aromatic N) is 1. The van der Waals surface area contributed by atoms with Crippen LogP contribution in [0.1, 0.15) is 50.9 Å². The van der Waals surface area contributed by atoms with Gasteiger partial charge < -0.3 is 30.4 Å². The summed E-state index contributed by atoms with van der Waals surface area (Å²) in [5.41, 5.74) is 0.562. The largest absolute Gasteiger partial charge is 0.461 e. The molecule has 0 aromatic heterocycles. The summed E-state index contributed by atoms with van der Waals surface area (Å²) in [6.07, 6.45) is 0.258. The van der Waals surface area contributed by atoms with E-state index in [1.54, 1.807) is 44.7 Å². The number of ether oxygens (including phenoxy) is 2. The van der Waals surface area contributed by atoms with Crippen LogP contribution >= 0.6 is 23.2 Å². The number of likely N-dealkylation sites (tertiary alicyclic amines) is 1. The fourth-order valence-corrected chi connectivity index (χ4v) is 3.59. The Morgan fingerprint density at radius 1 is 1.11 bits per heavy atom. The van der Waals surface area contributed by atoms with Gasteiger partial charge in [-0.15, -0.1) is 0 Å². The van der Waals surface area contributed by atoms with E-state index in [-0.39, 0.29) is 41.9 Å². The van der Waals surface area contributed by atoms with Crippen LogP contribution in [0.5, 0.6) is 0 Å². The highest BCUT2D eigenvalue weighted by molar-refractivity contribution is 6.42. The van der Waals surface area contributed by atoms with Gasteiger partial charge in [0.05, 0.1) is 23.2 Å². The molecule has 9 nitrogen and oxygen atoms in total. The summed E-state index contributed by atoms with van der Waals surface area (Å²) in [6.45, 7) is 8.25. The lowest BCUT2D eigenvalue weighted by Gasteiger charge is -2.31. The van der Waals surface area contributed by atoms with Crippen molar-refractivity contribution in [2.45, 2.75) is 46.1 Å². The number of halogens is 2. The molecule has 0 aliphatic carbocycles. The number of hydrogen-bond donors (Lipinski definition) is 3. The van der Waals surface area contributed by atoms with Crippen LogP contribution in [0.4, 0.5) is 4.79 Å². The Labute approximate surface area is 215 Å². The number of rotatable bonds is 8. The van der Waals surface area contributed by atoms with Gasteiger partial charge >= 0.3 is 12.1 Å². The van der Waals surface area contributed by atoms with Crippen molar-refractivity contribution >= 4 is 46.9 Å². The zero-order chi connectivity index (χ0) is 26.2. The van der Waals surface area contributed by atoms with E-state index in [1.165, 1.54) is 6.07 Å². The third kappa shape index (κ3) is 8.74. The van der Waals surface area contributed by atoms with Gasteiger partial charge in [-0.2, -0.15) is 0 Å². The lowest BCUT2D eigenvalue weighted by molar-refractivity contribution is -0.139. The van der Waals surface area contributed by atoms with Gasteiger partial charge in [0.25, 0.3) is 5.91 Å². The Kier molecular flexibility index (Phi) is 10.4. The molecule has 1 fully saturated rings. The molecule has 1 aromatic rings. The van der Waals surface area contributed by atoms with Crippen LogP contribution in [0.25, 0.3) is 0 Å². The molecule has 0 unspecified atom stereocenters. The number of nitrogens with one attached hydrogen (secondary N) is 3. The number of carbonyl (C=O) groups excluding carboxylic acids is 3. The number of esters is 1. The molecule has 1 aromatic carbocycles. The topological polar surface area (TPSA) is 121 Å². The van der Waals surface area contributed by atoms with Crippen LogP contribution in [-0.2, 0) is 14.3 Å². The summed E-state index contributed by atoms with van der Waals surface area (Å²) >= 11 is 12.0. The first-order valence-electron chi connectivity index (χ1n) is 11.4. The van der Waals surface area contributed by atoms with Gasteiger partial charge in [0.15, 0.2) is 0 Å². The van der Waals surface area contributed by atoms with Crippen molar-refractivity contribution < 1.29 is 23.9 Å². The zero-order valence-corrected chi connectivity index (χ0v) is 21.9. The van der Waals surface area contributed by atoms with Crippen molar-refractivity contribution in [1.29, 1.82) is 5.41 Å². The third-order valence-electron chi connectivity index (χ3n) is 4.90. The third-order valence-corrected chi connectivity index (χ3v) is 5.64. The Balaban J connectivity index is 2.11. The Morgan fingerprint density at radius 3 is 2.43 bits per heavy atom. The first-order chi connectivity index (χ1) is 16.4. The van der Waals surface area contributed by atoms with Crippen molar-refractivity contribution in [1.82, 2.24) is 15.5 Å². The minimum absolute atomic E-state index is 0.0647. The molecule has 0 radical (unpaired) electrons. The summed E-state index contributed by atoms with van der Waals surface area (Å²) < 4.78 is 10.4. The number of amides is 2. The van der Waals surface area contributed by atoms with E-state index < -0.39 is 17.7 Å². The highest BCUT2D eigenvalue weighted by Crippen LogP contribution is 2.25. The minimum Gasteiger partial charge on any atom is -0.461 e. The maximum absolute atomic E-state index is 13.0. The van der Waals surface area contributed by atoms with Gasteiger partial charge in [0.1, 0.15) is 11.3 Å². The molecule has 0 saturated carbocycles. The molecule has 35 heavy (non-hydrogen) atoms. The molecule has 0 bridgehead atoms.